The van der Waals surface area contributed by atoms with Crippen molar-refractivity contribution in [3.8, 4) is 0 Å². The lowest BCUT2D eigenvalue weighted by Crippen LogP contribution is -1.93. The molecule has 0 aliphatic carbocycles. The first-order valence-electron chi connectivity index (χ1n) is 15.7. The SMILES string of the molecule is CCCCCC/C=C(/CCCCCCCCCCCCCCCC(=O)O)CCCCCCCC(=O)O. The molecule has 0 fully saturated rings. The number of carboxylic acids is 2. The van der Waals surface area contributed by atoms with Gasteiger partial charge in [0.2, 0.25) is 0 Å². The normalized spacial score (nSPS) is 11.8. The minimum absolute atomic E-state index is 0.320. The Kier molecular flexibility index (Phi) is 27.2. The van der Waals surface area contributed by atoms with Gasteiger partial charge in [0.05, 0.1) is 0 Å². The minimum Gasteiger partial charge on any atom is -0.481 e. The van der Waals surface area contributed by atoms with Crippen molar-refractivity contribution in [1.29, 1.82) is 0 Å². The van der Waals surface area contributed by atoms with Gasteiger partial charge in [0, 0.05) is 12.8 Å². The molecular weight excluding hydrogens is 448 g/mol. The number of unbranched alkanes of at least 4 members (excludes halogenated alkanes) is 20. The molecule has 0 atom stereocenters. The molecule has 0 aromatic heterocycles. The summed E-state index contributed by atoms with van der Waals surface area (Å²) in [4.78, 5) is 21.1. The summed E-state index contributed by atoms with van der Waals surface area (Å²) in [7, 11) is 0. The molecule has 0 rings (SSSR count). The maximum Gasteiger partial charge on any atom is 0.303 e. The van der Waals surface area contributed by atoms with E-state index in [0.29, 0.717) is 12.8 Å². The van der Waals surface area contributed by atoms with Crippen LogP contribution in [-0.2, 0) is 9.59 Å². The Morgan fingerprint density at radius 2 is 0.750 bits per heavy atom. The average molecular weight is 509 g/mol. The Morgan fingerprint density at radius 1 is 0.444 bits per heavy atom. The molecule has 0 saturated carbocycles. The van der Waals surface area contributed by atoms with E-state index in [9.17, 15) is 9.59 Å². The summed E-state index contributed by atoms with van der Waals surface area (Å²) in [5.41, 5.74) is 1.68. The molecule has 0 spiro atoms. The summed E-state index contributed by atoms with van der Waals surface area (Å²) >= 11 is 0. The van der Waals surface area contributed by atoms with Gasteiger partial charge in [-0.1, -0.05) is 128 Å². The van der Waals surface area contributed by atoms with Crippen molar-refractivity contribution < 1.29 is 19.8 Å². The van der Waals surface area contributed by atoms with Crippen LogP contribution in [0.15, 0.2) is 11.6 Å². The van der Waals surface area contributed by atoms with Gasteiger partial charge in [-0.05, 0) is 51.4 Å². The zero-order chi connectivity index (χ0) is 26.5. The third-order valence-electron chi connectivity index (χ3n) is 7.27. The van der Waals surface area contributed by atoms with Gasteiger partial charge in [-0.3, -0.25) is 9.59 Å². The van der Waals surface area contributed by atoms with E-state index in [2.05, 4.69) is 13.0 Å². The Hall–Kier alpha value is -1.32. The molecule has 0 unspecified atom stereocenters. The van der Waals surface area contributed by atoms with Crippen LogP contribution in [0.2, 0.25) is 0 Å². The fourth-order valence-electron chi connectivity index (χ4n) is 4.94. The quantitative estimate of drug-likeness (QED) is 0.0778. The molecule has 0 radical (unpaired) electrons. The molecule has 0 aliphatic rings. The highest BCUT2D eigenvalue weighted by atomic mass is 16.4. The van der Waals surface area contributed by atoms with Crippen LogP contribution >= 0.6 is 0 Å². The van der Waals surface area contributed by atoms with Gasteiger partial charge >= 0.3 is 11.9 Å². The number of allylic oxidation sites excluding steroid dienone is 2. The van der Waals surface area contributed by atoms with Crippen LogP contribution in [0, 0.1) is 0 Å². The summed E-state index contributed by atoms with van der Waals surface area (Å²) in [6.07, 6.45) is 34.4. The van der Waals surface area contributed by atoms with Crippen molar-refractivity contribution in [3.05, 3.63) is 11.6 Å². The predicted octanol–water partition coefficient (Wildman–Crippen LogP) is 10.6. The van der Waals surface area contributed by atoms with Crippen molar-refractivity contribution in [2.75, 3.05) is 0 Å². The standard InChI is InChI=1S/C32H60O4/c1-2-3-4-15-20-25-30(27-22-17-14-19-24-29-32(35)36)26-21-16-12-10-8-6-5-7-9-11-13-18-23-28-31(33)34/h25H,2-24,26-29H2,1H3,(H,33,34)(H,35,36)/b30-25-. The van der Waals surface area contributed by atoms with Gasteiger partial charge in [0.1, 0.15) is 0 Å². The Labute approximate surface area is 223 Å². The lowest BCUT2D eigenvalue weighted by molar-refractivity contribution is -0.138. The van der Waals surface area contributed by atoms with Crippen molar-refractivity contribution in [2.45, 2.75) is 180 Å². The molecule has 4 nitrogen and oxygen atoms in total. The lowest BCUT2D eigenvalue weighted by Gasteiger charge is -2.09. The third-order valence-corrected chi connectivity index (χ3v) is 7.27. The van der Waals surface area contributed by atoms with E-state index in [1.54, 1.807) is 5.57 Å². The van der Waals surface area contributed by atoms with Crippen molar-refractivity contribution in [3.63, 3.8) is 0 Å². The van der Waals surface area contributed by atoms with Crippen LogP contribution in [0.3, 0.4) is 0 Å². The maximum absolute atomic E-state index is 10.6. The van der Waals surface area contributed by atoms with Crippen molar-refractivity contribution >= 4 is 11.9 Å². The topological polar surface area (TPSA) is 74.6 Å². The molecule has 0 bridgehead atoms. The second kappa shape index (κ2) is 28.3. The molecule has 0 saturated heterocycles. The predicted molar refractivity (Wildman–Crippen MR) is 154 cm³/mol. The van der Waals surface area contributed by atoms with Gasteiger partial charge in [-0.15, -0.1) is 0 Å². The molecule has 0 aromatic carbocycles. The number of aliphatic carboxylic acids is 2. The lowest BCUT2D eigenvalue weighted by atomic mass is 9.97. The van der Waals surface area contributed by atoms with Gasteiger partial charge in [0.25, 0.3) is 0 Å². The highest BCUT2D eigenvalue weighted by Gasteiger charge is 2.02. The Balaban J connectivity index is 3.74. The van der Waals surface area contributed by atoms with E-state index >= 15 is 0 Å². The van der Waals surface area contributed by atoms with Crippen LogP contribution in [-0.4, -0.2) is 22.2 Å². The van der Waals surface area contributed by atoms with Gasteiger partial charge in [-0.25, -0.2) is 0 Å². The summed E-state index contributed by atoms with van der Waals surface area (Å²) in [5.74, 6) is -1.33. The Bertz CT molecular complexity index is 526. The van der Waals surface area contributed by atoms with E-state index in [-0.39, 0.29) is 0 Å². The van der Waals surface area contributed by atoms with E-state index in [1.165, 1.54) is 135 Å². The number of hydrogen-bond donors (Lipinski definition) is 2. The molecule has 0 heterocycles. The first-order valence-corrected chi connectivity index (χ1v) is 15.7. The fourth-order valence-corrected chi connectivity index (χ4v) is 4.94. The minimum atomic E-state index is -0.665. The maximum atomic E-state index is 10.6. The van der Waals surface area contributed by atoms with Crippen LogP contribution in [0.4, 0.5) is 0 Å². The van der Waals surface area contributed by atoms with Crippen LogP contribution in [0.1, 0.15) is 180 Å². The molecule has 36 heavy (non-hydrogen) atoms. The number of hydrogen-bond acceptors (Lipinski definition) is 2. The van der Waals surface area contributed by atoms with Crippen LogP contribution in [0.25, 0.3) is 0 Å². The molecule has 212 valence electrons. The van der Waals surface area contributed by atoms with E-state index < -0.39 is 11.9 Å². The Morgan fingerprint density at radius 3 is 1.08 bits per heavy atom. The summed E-state index contributed by atoms with van der Waals surface area (Å²) in [6, 6.07) is 0. The molecule has 0 amide bonds. The molecule has 4 heteroatoms. The zero-order valence-corrected chi connectivity index (χ0v) is 23.9. The highest BCUT2D eigenvalue weighted by Crippen LogP contribution is 2.20. The van der Waals surface area contributed by atoms with Gasteiger partial charge in [0.15, 0.2) is 0 Å². The number of carboxylic acid groups (broad SMARTS) is 2. The first kappa shape index (κ1) is 34.7. The second-order valence-corrected chi connectivity index (χ2v) is 10.9. The van der Waals surface area contributed by atoms with Gasteiger partial charge < -0.3 is 10.2 Å². The highest BCUT2D eigenvalue weighted by molar-refractivity contribution is 5.66. The van der Waals surface area contributed by atoms with E-state index in [1.807, 2.05) is 0 Å². The van der Waals surface area contributed by atoms with Crippen molar-refractivity contribution in [1.82, 2.24) is 0 Å². The van der Waals surface area contributed by atoms with Gasteiger partial charge in [-0.2, -0.15) is 0 Å². The first-order chi connectivity index (χ1) is 17.6. The summed E-state index contributed by atoms with van der Waals surface area (Å²) in [5, 5.41) is 17.4. The van der Waals surface area contributed by atoms with Crippen molar-refractivity contribution in [2.24, 2.45) is 0 Å². The second-order valence-electron chi connectivity index (χ2n) is 10.9. The fraction of sp³-hybridized carbons (Fsp3) is 0.875. The zero-order valence-electron chi connectivity index (χ0n) is 23.9. The van der Waals surface area contributed by atoms with Crippen LogP contribution in [0.5, 0.6) is 0 Å². The van der Waals surface area contributed by atoms with Crippen LogP contribution < -0.4 is 0 Å². The number of carbonyl (C=O) groups is 2. The molecular formula is C32H60O4. The summed E-state index contributed by atoms with van der Waals surface area (Å²) < 4.78 is 0. The monoisotopic (exact) mass is 508 g/mol. The summed E-state index contributed by atoms with van der Waals surface area (Å²) in [6.45, 7) is 2.27. The average Bonchev–Trinajstić information content (AvgIpc) is 2.84. The number of rotatable bonds is 29. The third kappa shape index (κ3) is 28.9. The van der Waals surface area contributed by atoms with E-state index in [4.69, 9.17) is 10.2 Å². The molecule has 0 aromatic rings. The largest absolute Gasteiger partial charge is 0.481 e. The smallest absolute Gasteiger partial charge is 0.303 e. The van der Waals surface area contributed by atoms with E-state index in [0.717, 1.165) is 25.7 Å². The molecule has 2 N–H and O–H groups in total. The molecule has 0 aliphatic heterocycles.